The second kappa shape index (κ2) is 10.6. The highest BCUT2D eigenvalue weighted by molar-refractivity contribution is 9.10. The van der Waals surface area contributed by atoms with Gasteiger partial charge >= 0.3 is 0 Å². The summed E-state index contributed by atoms with van der Waals surface area (Å²) in [5.74, 6) is -1.16. The second-order valence-electron chi connectivity index (χ2n) is 9.55. The number of halogens is 3. The van der Waals surface area contributed by atoms with E-state index in [2.05, 4.69) is 41.3 Å². The first-order valence-electron chi connectivity index (χ1n) is 12.5. The van der Waals surface area contributed by atoms with Crippen LogP contribution in [0.15, 0.2) is 59.2 Å². The number of imidazole rings is 1. The molecule has 0 radical (unpaired) electrons. The van der Waals surface area contributed by atoms with Crippen LogP contribution in [0.2, 0.25) is 5.02 Å². The number of rotatable bonds is 6. The Morgan fingerprint density at radius 1 is 1.12 bits per heavy atom. The lowest BCUT2D eigenvalue weighted by molar-refractivity contribution is -0.137. The third kappa shape index (κ3) is 5.13. The number of hydrogen-bond donors (Lipinski definition) is 3. The molecule has 2 atom stereocenters. The van der Waals surface area contributed by atoms with Gasteiger partial charge in [0.05, 0.1) is 17.6 Å². The van der Waals surface area contributed by atoms with Crippen LogP contribution >= 0.6 is 27.5 Å². The molecule has 5 aromatic rings. The van der Waals surface area contributed by atoms with Crippen LogP contribution in [0.3, 0.4) is 0 Å². The first-order valence-corrected chi connectivity index (χ1v) is 13.7. The average Bonchev–Trinajstić information content (AvgIpc) is 3.63. The topological polar surface area (TPSA) is 152 Å². The van der Waals surface area contributed by atoms with Crippen molar-refractivity contribution < 1.29 is 18.8 Å². The van der Waals surface area contributed by atoms with Gasteiger partial charge in [-0.15, -0.1) is 0 Å². The minimum Gasteiger partial charge on any atom is -0.364 e. The van der Waals surface area contributed by atoms with Gasteiger partial charge in [0.15, 0.2) is 5.82 Å². The molecule has 41 heavy (non-hydrogen) atoms. The third-order valence-electron chi connectivity index (χ3n) is 6.82. The van der Waals surface area contributed by atoms with Gasteiger partial charge in [0.2, 0.25) is 11.8 Å². The number of H-pyrrole nitrogens is 1. The Hall–Kier alpha value is -4.36. The predicted octanol–water partition coefficient (Wildman–Crippen LogP) is 4.07. The molecule has 4 heterocycles. The van der Waals surface area contributed by atoms with Crippen molar-refractivity contribution in [1.29, 1.82) is 0 Å². The minimum atomic E-state index is -1.38. The molecule has 11 nitrogen and oxygen atoms in total. The summed E-state index contributed by atoms with van der Waals surface area (Å²) in [4.78, 5) is 53.5. The van der Waals surface area contributed by atoms with Gasteiger partial charge in [-0.25, -0.2) is 19.3 Å². The van der Waals surface area contributed by atoms with Crippen molar-refractivity contribution in [3.8, 4) is 11.4 Å². The molecule has 0 unspecified atom stereocenters. The third-order valence-corrected chi connectivity index (χ3v) is 7.50. The maximum absolute atomic E-state index is 14.5. The number of carbonyl (C=O) groups excluding carboxylic acids is 3. The van der Waals surface area contributed by atoms with E-state index in [0.29, 0.717) is 43.0 Å². The average molecular weight is 640 g/mol. The monoisotopic (exact) mass is 638 g/mol. The van der Waals surface area contributed by atoms with E-state index in [1.165, 1.54) is 9.58 Å². The van der Waals surface area contributed by atoms with Crippen molar-refractivity contribution in [2.45, 2.75) is 25.2 Å². The summed E-state index contributed by atoms with van der Waals surface area (Å²) >= 11 is 9.39. The molecule has 3 amide bonds. The Balaban J connectivity index is 1.35. The summed E-state index contributed by atoms with van der Waals surface area (Å²) in [6.07, 6.45) is -1.54. The van der Waals surface area contributed by atoms with E-state index in [-0.39, 0.29) is 31.0 Å². The number of aromatic nitrogens is 5. The zero-order chi connectivity index (χ0) is 28.8. The summed E-state index contributed by atoms with van der Waals surface area (Å²) in [5.41, 5.74) is 7.75. The number of carbonyl (C=O) groups is 3. The molecule has 208 valence electrons. The van der Waals surface area contributed by atoms with Gasteiger partial charge in [0.25, 0.3) is 5.91 Å². The molecule has 14 heteroatoms. The molecule has 1 fully saturated rings. The Morgan fingerprint density at radius 3 is 2.68 bits per heavy atom. The van der Waals surface area contributed by atoms with Gasteiger partial charge in [-0.1, -0.05) is 29.8 Å². The maximum atomic E-state index is 14.5. The second-order valence-corrected chi connectivity index (χ2v) is 10.8. The summed E-state index contributed by atoms with van der Waals surface area (Å²) in [6, 6.07) is 14.4. The number of pyridine rings is 1. The van der Waals surface area contributed by atoms with E-state index in [9.17, 15) is 18.8 Å². The number of alkyl halides is 1. The summed E-state index contributed by atoms with van der Waals surface area (Å²) < 4.78 is 16.5. The smallest absolute Gasteiger partial charge is 0.267 e. The van der Waals surface area contributed by atoms with E-state index < -0.39 is 29.9 Å². The lowest BCUT2D eigenvalue weighted by Crippen LogP contribution is -2.44. The zero-order valence-corrected chi connectivity index (χ0v) is 23.5. The summed E-state index contributed by atoms with van der Waals surface area (Å²) in [6.45, 7) is -0.594. The molecule has 6 rings (SSSR count). The quantitative estimate of drug-likeness (QED) is 0.238. The number of likely N-dealkylation sites (tertiary alicyclic amines) is 1. The molecule has 0 saturated carbocycles. The molecule has 1 aliphatic heterocycles. The van der Waals surface area contributed by atoms with Crippen LogP contribution in [0.1, 0.15) is 16.9 Å². The van der Waals surface area contributed by atoms with Crippen molar-refractivity contribution in [3.63, 3.8) is 0 Å². The van der Waals surface area contributed by atoms with E-state index in [1.807, 2.05) is 6.07 Å². The van der Waals surface area contributed by atoms with Crippen molar-refractivity contribution in [3.05, 3.63) is 69.9 Å². The first-order chi connectivity index (χ1) is 19.7. The Kier molecular flexibility index (Phi) is 6.91. The van der Waals surface area contributed by atoms with Crippen molar-refractivity contribution in [2.75, 3.05) is 11.9 Å². The molecule has 0 spiro atoms. The highest BCUT2D eigenvalue weighted by Crippen LogP contribution is 2.30. The number of benzene rings is 2. The van der Waals surface area contributed by atoms with E-state index in [0.717, 1.165) is 0 Å². The largest absolute Gasteiger partial charge is 0.364 e. The number of fused-ring (bicyclic) bond motifs is 3. The summed E-state index contributed by atoms with van der Waals surface area (Å²) in [7, 11) is 0. The number of nitrogens with one attached hydrogen (secondary N) is 2. The van der Waals surface area contributed by atoms with Gasteiger partial charge in [-0.3, -0.25) is 24.2 Å². The number of amides is 3. The van der Waals surface area contributed by atoms with Gasteiger partial charge in [-0.05, 0) is 52.3 Å². The lowest BCUT2D eigenvalue weighted by Gasteiger charge is -2.23. The molecule has 4 N–H and O–H groups in total. The van der Waals surface area contributed by atoms with Crippen LogP contribution in [-0.2, 0) is 16.1 Å². The van der Waals surface area contributed by atoms with Crippen molar-refractivity contribution in [1.82, 2.24) is 29.6 Å². The Labute approximate surface area is 245 Å². The molecule has 1 saturated heterocycles. The molecule has 3 aromatic heterocycles. The van der Waals surface area contributed by atoms with Crippen molar-refractivity contribution in [2.24, 2.45) is 5.73 Å². The first kappa shape index (κ1) is 26.8. The molecular formula is C27H21BrClFN8O3. The highest BCUT2D eigenvalue weighted by Gasteiger charge is 2.40. The van der Waals surface area contributed by atoms with Crippen LogP contribution in [0, 0.1) is 0 Å². The van der Waals surface area contributed by atoms with Crippen LogP contribution < -0.4 is 11.1 Å². The normalized spacial score (nSPS) is 16.9. The van der Waals surface area contributed by atoms with Crippen LogP contribution in [-0.4, -0.2) is 66.1 Å². The Bertz CT molecular complexity index is 1860. The van der Waals surface area contributed by atoms with Crippen LogP contribution in [0.25, 0.3) is 33.3 Å². The van der Waals surface area contributed by atoms with Gasteiger partial charge < -0.3 is 16.0 Å². The van der Waals surface area contributed by atoms with Crippen LogP contribution in [0.4, 0.5) is 10.2 Å². The fourth-order valence-electron chi connectivity index (χ4n) is 5.03. The minimum absolute atomic E-state index is 0.0711. The van der Waals surface area contributed by atoms with Gasteiger partial charge in [0.1, 0.15) is 40.4 Å². The number of nitrogens with two attached hydrogens (primary N) is 1. The molecule has 1 aliphatic rings. The molecule has 2 aromatic carbocycles. The fraction of sp³-hybridized carbons (Fsp3) is 0.185. The fourth-order valence-corrected chi connectivity index (χ4v) is 5.56. The predicted molar refractivity (Wildman–Crippen MR) is 154 cm³/mol. The number of hydrogen-bond acceptors (Lipinski definition) is 6. The standard InChI is InChI=1S/C27H21BrClFN8O3/c28-19-5-2-6-20(33-19)34-27(41)18-10-15(30)11-37(18)21(39)12-38-24-16(22(36-38)25(31)40)7-8-17-23(24)35-26(32-17)13-3-1-4-14(29)9-13/h1-9,15,18,36H,10-12H2,(H2,31,40)(H,33,34,41)/t15-,18+/m1/s1. The van der Waals surface area contributed by atoms with Gasteiger partial charge in [-0.2, -0.15) is 0 Å². The van der Waals surface area contributed by atoms with Gasteiger partial charge in [0, 0.05) is 22.4 Å². The highest BCUT2D eigenvalue weighted by atomic mass is 79.9. The van der Waals surface area contributed by atoms with E-state index in [1.54, 1.807) is 48.5 Å². The summed E-state index contributed by atoms with van der Waals surface area (Å²) in [5, 5.41) is 6.50. The number of primary amides is 1. The number of anilines is 1. The SMILES string of the molecule is NC(=O)c1[nH]n(CC(=O)N2C[C@H](F)C[C@H]2C(=O)Nc2cccc(Br)n2)c2c1ccc1nc(-c3cccc(Cl)c3)nc12. The lowest BCUT2D eigenvalue weighted by atomic mass is 10.1. The number of nitrogens with zero attached hydrogens (tertiary/aromatic N) is 5. The Morgan fingerprint density at radius 2 is 1.93 bits per heavy atom. The van der Waals surface area contributed by atoms with E-state index >= 15 is 0 Å². The molecule has 0 bridgehead atoms. The van der Waals surface area contributed by atoms with E-state index in [4.69, 9.17) is 17.3 Å². The molecule has 0 aliphatic carbocycles. The maximum Gasteiger partial charge on any atom is 0.267 e. The van der Waals surface area contributed by atoms with Crippen LogP contribution in [0.5, 0.6) is 0 Å². The zero-order valence-electron chi connectivity index (χ0n) is 21.1. The molecular weight excluding hydrogens is 619 g/mol. The number of aromatic amines is 1. The van der Waals surface area contributed by atoms with Crippen molar-refractivity contribution >= 4 is 73.0 Å².